The lowest BCUT2D eigenvalue weighted by atomic mass is 10.3. The summed E-state index contributed by atoms with van der Waals surface area (Å²) in [6, 6.07) is 2.83. The molecule has 0 saturated carbocycles. The van der Waals surface area contributed by atoms with Gasteiger partial charge in [0.05, 0.1) is 0 Å². The Morgan fingerprint density at radius 3 is 2.79 bits per heavy atom. The van der Waals surface area contributed by atoms with Crippen LogP contribution in [-0.2, 0) is 14.8 Å². The molecule has 104 valence electrons. The van der Waals surface area contributed by atoms with Crippen LogP contribution in [0.15, 0.2) is 35.7 Å². The summed E-state index contributed by atoms with van der Waals surface area (Å²) in [4.78, 5) is 10.8. The van der Waals surface area contributed by atoms with Gasteiger partial charge in [-0.25, -0.2) is 17.9 Å². The fraction of sp³-hybridized carbons (Fsp3) is 0.182. The molecule has 1 aromatic carbocycles. The highest BCUT2D eigenvalue weighted by Crippen LogP contribution is 2.23. The largest absolute Gasteiger partial charge is 0.482 e. The Bertz CT molecular complexity index is 586. The van der Waals surface area contributed by atoms with Crippen LogP contribution in [0.25, 0.3) is 0 Å². The van der Waals surface area contributed by atoms with Gasteiger partial charge in [0.2, 0.25) is 10.0 Å². The molecule has 0 atom stereocenters. The molecular weight excluding hydrogens is 275 g/mol. The summed E-state index contributed by atoms with van der Waals surface area (Å²) in [5.41, 5.74) is 0. The Kier molecular flexibility index (Phi) is 5.02. The van der Waals surface area contributed by atoms with Crippen molar-refractivity contribution in [3.63, 3.8) is 0 Å². The highest BCUT2D eigenvalue weighted by Gasteiger charge is 2.17. The normalized spacial score (nSPS) is 10.8. The van der Waals surface area contributed by atoms with Crippen LogP contribution in [0.3, 0.4) is 0 Å². The molecule has 0 unspecified atom stereocenters. The molecule has 0 bridgehead atoms. The molecule has 1 aromatic rings. The Hall–Kier alpha value is -1.93. The molecule has 1 rings (SSSR count). The molecule has 0 spiro atoms. The third-order valence-corrected chi connectivity index (χ3v) is 2.95. The predicted octanol–water partition coefficient (Wildman–Crippen LogP) is 0.154. The lowest BCUT2D eigenvalue weighted by Gasteiger charge is -2.10. The van der Waals surface area contributed by atoms with E-state index in [0.29, 0.717) is 0 Å². The fourth-order valence-electron chi connectivity index (χ4n) is 1.20. The number of rotatable bonds is 6. The molecule has 0 radical (unpaired) electrons. The summed E-state index contributed by atoms with van der Waals surface area (Å²) in [6.07, 6.45) is 1.48. The number of nitrogens with one attached hydrogen (secondary N) is 1. The molecule has 0 aliphatic rings. The lowest BCUT2D eigenvalue weighted by molar-refractivity contribution is -0.122. The SMILES string of the molecule is C=CCNC(=O)COc1ccc(F)cc1S(N)(=O)=O. The average molecular weight is 288 g/mol. The number of hydrogen-bond donors (Lipinski definition) is 2. The average Bonchev–Trinajstić information content (AvgIpc) is 2.33. The van der Waals surface area contributed by atoms with Gasteiger partial charge >= 0.3 is 0 Å². The minimum atomic E-state index is -4.13. The van der Waals surface area contributed by atoms with Crippen molar-refractivity contribution in [1.29, 1.82) is 0 Å². The number of sulfonamides is 1. The van der Waals surface area contributed by atoms with Crippen molar-refractivity contribution in [3.8, 4) is 5.75 Å². The zero-order chi connectivity index (χ0) is 14.5. The topological polar surface area (TPSA) is 98.5 Å². The molecule has 0 aliphatic carbocycles. The van der Waals surface area contributed by atoms with Crippen molar-refractivity contribution >= 4 is 15.9 Å². The van der Waals surface area contributed by atoms with Crippen molar-refractivity contribution < 1.29 is 22.3 Å². The Morgan fingerprint density at radius 2 is 2.21 bits per heavy atom. The second kappa shape index (κ2) is 6.30. The van der Waals surface area contributed by atoms with Gasteiger partial charge in [-0.3, -0.25) is 4.79 Å². The number of carbonyl (C=O) groups is 1. The molecule has 6 nitrogen and oxygen atoms in total. The molecule has 0 aromatic heterocycles. The van der Waals surface area contributed by atoms with Crippen LogP contribution in [0.1, 0.15) is 0 Å². The highest BCUT2D eigenvalue weighted by molar-refractivity contribution is 7.89. The molecule has 0 aliphatic heterocycles. The number of ether oxygens (including phenoxy) is 1. The number of primary sulfonamides is 1. The van der Waals surface area contributed by atoms with Gasteiger partial charge in [0.25, 0.3) is 5.91 Å². The van der Waals surface area contributed by atoms with Crippen LogP contribution in [-0.4, -0.2) is 27.5 Å². The molecule has 19 heavy (non-hydrogen) atoms. The Morgan fingerprint density at radius 1 is 1.53 bits per heavy atom. The summed E-state index contributed by atoms with van der Waals surface area (Å²) in [5.74, 6) is -1.42. The van der Waals surface area contributed by atoms with Crippen LogP contribution in [0.4, 0.5) is 4.39 Å². The van der Waals surface area contributed by atoms with E-state index in [1.165, 1.54) is 6.08 Å². The van der Waals surface area contributed by atoms with E-state index in [2.05, 4.69) is 11.9 Å². The number of halogens is 1. The Labute approximate surface area is 110 Å². The van der Waals surface area contributed by atoms with E-state index in [1.807, 2.05) is 0 Å². The molecule has 1 amide bonds. The highest BCUT2D eigenvalue weighted by atomic mass is 32.2. The van der Waals surface area contributed by atoms with Crippen LogP contribution in [0.5, 0.6) is 5.75 Å². The first kappa shape index (κ1) is 15.1. The first-order chi connectivity index (χ1) is 8.84. The molecule has 0 heterocycles. The van der Waals surface area contributed by atoms with E-state index < -0.39 is 33.3 Å². The van der Waals surface area contributed by atoms with Gasteiger partial charge in [-0.1, -0.05) is 6.08 Å². The molecule has 8 heteroatoms. The van der Waals surface area contributed by atoms with Gasteiger partial charge in [-0.15, -0.1) is 6.58 Å². The third kappa shape index (κ3) is 4.68. The number of hydrogen-bond acceptors (Lipinski definition) is 4. The van der Waals surface area contributed by atoms with E-state index in [9.17, 15) is 17.6 Å². The zero-order valence-electron chi connectivity index (χ0n) is 9.93. The van der Waals surface area contributed by atoms with E-state index in [1.54, 1.807) is 0 Å². The fourth-order valence-corrected chi connectivity index (χ4v) is 1.89. The minimum Gasteiger partial charge on any atom is -0.482 e. The Balaban J connectivity index is 2.84. The van der Waals surface area contributed by atoms with Crippen molar-refractivity contribution in [2.24, 2.45) is 5.14 Å². The van der Waals surface area contributed by atoms with Crippen LogP contribution in [0, 0.1) is 5.82 Å². The maximum absolute atomic E-state index is 13.0. The van der Waals surface area contributed by atoms with E-state index in [0.717, 1.165) is 18.2 Å². The van der Waals surface area contributed by atoms with Crippen LogP contribution >= 0.6 is 0 Å². The van der Waals surface area contributed by atoms with Crippen molar-refractivity contribution in [3.05, 3.63) is 36.7 Å². The summed E-state index contributed by atoms with van der Waals surface area (Å²) in [5, 5.41) is 7.36. The van der Waals surface area contributed by atoms with E-state index in [4.69, 9.17) is 9.88 Å². The van der Waals surface area contributed by atoms with Gasteiger partial charge in [0, 0.05) is 6.54 Å². The quantitative estimate of drug-likeness (QED) is 0.728. The molecular formula is C11H13FN2O4S. The molecule has 0 fully saturated rings. The second-order valence-electron chi connectivity index (χ2n) is 3.52. The second-order valence-corrected chi connectivity index (χ2v) is 5.05. The summed E-state index contributed by atoms with van der Waals surface area (Å²) >= 11 is 0. The standard InChI is InChI=1S/C11H13FN2O4S/c1-2-5-14-11(15)7-18-9-4-3-8(12)6-10(9)19(13,16)17/h2-4,6H,1,5,7H2,(H,14,15)(H2,13,16,17). The van der Waals surface area contributed by atoms with Crippen molar-refractivity contribution in [2.75, 3.05) is 13.2 Å². The maximum atomic E-state index is 13.0. The first-order valence-electron chi connectivity index (χ1n) is 5.17. The van der Waals surface area contributed by atoms with Gasteiger partial charge in [0.15, 0.2) is 6.61 Å². The van der Waals surface area contributed by atoms with E-state index in [-0.39, 0.29) is 12.3 Å². The van der Waals surface area contributed by atoms with Gasteiger partial charge in [-0.2, -0.15) is 0 Å². The van der Waals surface area contributed by atoms with Crippen LogP contribution < -0.4 is 15.2 Å². The van der Waals surface area contributed by atoms with Gasteiger partial charge < -0.3 is 10.1 Å². The monoisotopic (exact) mass is 288 g/mol. The first-order valence-corrected chi connectivity index (χ1v) is 6.72. The minimum absolute atomic E-state index is 0.183. The number of nitrogens with two attached hydrogens (primary N) is 1. The third-order valence-electron chi connectivity index (χ3n) is 2.01. The molecule has 0 saturated heterocycles. The zero-order valence-corrected chi connectivity index (χ0v) is 10.7. The summed E-state index contributed by atoms with van der Waals surface area (Å²) < 4.78 is 40.5. The number of amides is 1. The van der Waals surface area contributed by atoms with Crippen LogP contribution in [0.2, 0.25) is 0 Å². The van der Waals surface area contributed by atoms with Crippen molar-refractivity contribution in [1.82, 2.24) is 5.32 Å². The van der Waals surface area contributed by atoms with Gasteiger partial charge in [-0.05, 0) is 18.2 Å². The number of benzene rings is 1. The van der Waals surface area contributed by atoms with Crippen molar-refractivity contribution in [2.45, 2.75) is 4.90 Å². The predicted molar refractivity (Wildman–Crippen MR) is 66.5 cm³/mol. The maximum Gasteiger partial charge on any atom is 0.258 e. The van der Waals surface area contributed by atoms with E-state index >= 15 is 0 Å². The summed E-state index contributed by atoms with van der Waals surface area (Å²) in [6.45, 7) is 3.26. The summed E-state index contributed by atoms with van der Waals surface area (Å²) in [7, 11) is -4.13. The smallest absolute Gasteiger partial charge is 0.258 e. The lowest BCUT2D eigenvalue weighted by Crippen LogP contribution is -2.29. The molecule has 3 N–H and O–H groups in total. The van der Waals surface area contributed by atoms with Gasteiger partial charge in [0.1, 0.15) is 16.5 Å². The number of carbonyl (C=O) groups excluding carboxylic acids is 1.